The lowest BCUT2D eigenvalue weighted by Crippen LogP contribution is -2.56. The molecule has 1 aliphatic heterocycles. The second-order valence-electron chi connectivity index (χ2n) is 8.55. The monoisotopic (exact) mass is 456 g/mol. The molecule has 174 valence electrons. The summed E-state index contributed by atoms with van der Waals surface area (Å²) in [5, 5.41) is 14.7. The number of hydrogen-bond donors (Lipinski definition) is 2. The fraction of sp³-hybridized carbons (Fsp3) is 0.250. The number of ether oxygens (including phenoxy) is 1. The Kier molecular flexibility index (Phi) is 6.09. The zero-order valence-corrected chi connectivity index (χ0v) is 19.1. The highest BCUT2D eigenvalue weighted by atomic mass is 16.5. The van der Waals surface area contributed by atoms with Crippen molar-refractivity contribution < 1.29 is 19.1 Å². The molecule has 2 N–H and O–H groups in total. The molecule has 0 radical (unpaired) electrons. The number of hydrogen-bond acceptors (Lipinski definition) is 5. The van der Waals surface area contributed by atoms with Crippen LogP contribution in [0.2, 0.25) is 0 Å². The number of carbonyl (C=O) groups excluding carboxylic acids is 1. The number of allylic oxidation sites excluding steroid dienone is 1. The van der Waals surface area contributed by atoms with Crippen LogP contribution in [-0.4, -0.2) is 29.6 Å². The van der Waals surface area contributed by atoms with Gasteiger partial charge in [-0.1, -0.05) is 54.6 Å². The minimum Gasteiger partial charge on any atom is -0.497 e. The first-order valence-electron chi connectivity index (χ1n) is 11.5. The van der Waals surface area contributed by atoms with E-state index in [1.54, 1.807) is 13.4 Å². The molecule has 0 bridgehead atoms. The Labute approximate surface area is 199 Å². The summed E-state index contributed by atoms with van der Waals surface area (Å²) in [5.41, 5.74) is 2.58. The van der Waals surface area contributed by atoms with Crippen molar-refractivity contribution in [3.8, 4) is 5.75 Å². The van der Waals surface area contributed by atoms with Gasteiger partial charge in [0, 0.05) is 12.1 Å². The van der Waals surface area contributed by atoms with Crippen LogP contribution < -0.4 is 10.1 Å². The van der Waals surface area contributed by atoms with E-state index in [0.29, 0.717) is 17.9 Å². The van der Waals surface area contributed by atoms with Gasteiger partial charge < -0.3 is 19.2 Å². The molecule has 2 aromatic carbocycles. The second-order valence-corrected chi connectivity index (χ2v) is 8.55. The Balaban J connectivity index is 1.55. The Morgan fingerprint density at radius 3 is 2.62 bits per heavy atom. The van der Waals surface area contributed by atoms with Crippen molar-refractivity contribution in [3.05, 3.63) is 113 Å². The zero-order chi connectivity index (χ0) is 23.5. The molecule has 2 atom stereocenters. The van der Waals surface area contributed by atoms with E-state index in [1.807, 2.05) is 77.7 Å². The fourth-order valence-corrected chi connectivity index (χ4v) is 4.95. The summed E-state index contributed by atoms with van der Waals surface area (Å²) in [4.78, 5) is 15.5. The highest BCUT2D eigenvalue weighted by Gasteiger charge is 2.52. The van der Waals surface area contributed by atoms with Crippen LogP contribution in [0.15, 0.2) is 101 Å². The van der Waals surface area contributed by atoms with E-state index in [1.165, 1.54) is 0 Å². The fourth-order valence-electron chi connectivity index (χ4n) is 4.95. The van der Waals surface area contributed by atoms with E-state index < -0.39 is 11.8 Å². The molecule has 6 nitrogen and oxygen atoms in total. The van der Waals surface area contributed by atoms with Crippen molar-refractivity contribution in [3.63, 3.8) is 0 Å². The normalized spacial score (nSPS) is 20.5. The number of aliphatic hydroxyl groups excluding tert-OH is 1. The summed E-state index contributed by atoms with van der Waals surface area (Å²) < 4.78 is 10.9. The van der Waals surface area contributed by atoms with Crippen LogP contribution in [0.1, 0.15) is 35.8 Å². The van der Waals surface area contributed by atoms with Crippen molar-refractivity contribution in [2.24, 2.45) is 0 Å². The molecule has 1 aliphatic carbocycles. The van der Waals surface area contributed by atoms with E-state index in [-0.39, 0.29) is 12.5 Å². The van der Waals surface area contributed by atoms with Crippen molar-refractivity contribution in [1.29, 1.82) is 0 Å². The first-order chi connectivity index (χ1) is 16.6. The average Bonchev–Trinajstić information content (AvgIpc) is 3.49. The summed E-state index contributed by atoms with van der Waals surface area (Å²) in [6.45, 7) is 0.566. The summed E-state index contributed by atoms with van der Waals surface area (Å²) in [5.74, 6) is 1.40. The number of methoxy groups -OCH3 is 1. The maximum Gasteiger partial charge on any atom is 0.256 e. The third-order valence-electron chi connectivity index (χ3n) is 6.63. The van der Waals surface area contributed by atoms with Gasteiger partial charge in [-0.15, -0.1) is 0 Å². The van der Waals surface area contributed by atoms with Crippen LogP contribution in [0.4, 0.5) is 0 Å². The Morgan fingerprint density at radius 1 is 1.12 bits per heavy atom. The van der Waals surface area contributed by atoms with Crippen LogP contribution in [-0.2, 0) is 17.0 Å². The number of furan rings is 1. The first-order valence-corrected chi connectivity index (χ1v) is 11.5. The van der Waals surface area contributed by atoms with Crippen molar-refractivity contribution in [1.82, 2.24) is 10.2 Å². The smallest absolute Gasteiger partial charge is 0.256 e. The molecule has 0 fully saturated rings. The number of nitrogens with zero attached hydrogens (tertiary/aromatic N) is 1. The van der Waals surface area contributed by atoms with Gasteiger partial charge in [-0.25, -0.2) is 0 Å². The lowest BCUT2D eigenvalue weighted by Gasteiger charge is -2.42. The Bertz CT molecular complexity index is 1200. The zero-order valence-electron chi connectivity index (χ0n) is 19.1. The second kappa shape index (κ2) is 9.33. The Morgan fingerprint density at radius 2 is 1.91 bits per heavy atom. The predicted octanol–water partition coefficient (Wildman–Crippen LogP) is 4.45. The number of nitrogens with one attached hydrogen (secondary N) is 1. The van der Waals surface area contributed by atoms with Gasteiger partial charge in [0.15, 0.2) is 0 Å². The number of rotatable bonds is 8. The third-order valence-corrected chi connectivity index (χ3v) is 6.63. The largest absolute Gasteiger partial charge is 0.497 e. The van der Waals surface area contributed by atoms with Crippen LogP contribution in [0.3, 0.4) is 0 Å². The predicted molar refractivity (Wildman–Crippen MR) is 129 cm³/mol. The molecule has 5 rings (SSSR count). The minimum absolute atomic E-state index is 0.0439. The lowest BCUT2D eigenvalue weighted by molar-refractivity contribution is -0.132. The van der Waals surface area contributed by atoms with Gasteiger partial charge >= 0.3 is 0 Å². The maximum atomic E-state index is 13.7. The Hall–Kier alpha value is -3.61. The molecule has 1 aromatic heterocycles. The van der Waals surface area contributed by atoms with Gasteiger partial charge in [0.05, 0.1) is 26.0 Å². The molecule has 0 saturated heterocycles. The summed E-state index contributed by atoms with van der Waals surface area (Å²) in [6, 6.07) is 21.1. The number of benzene rings is 2. The van der Waals surface area contributed by atoms with Gasteiger partial charge in [-0.05, 0) is 53.8 Å². The SMILES string of the molecule is COc1ccc(C(O)CNC2(c3ccccc3)C3=C(C=CCC3)C(=O)N2Cc2ccco2)cc1. The van der Waals surface area contributed by atoms with Crippen molar-refractivity contribution in [2.75, 3.05) is 13.7 Å². The van der Waals surface area contributed by atoms with Crippen molar-refractivity contribution in [2.45, 2.75) is 31.2 Å². The molecule has 3 aromatic rings. The van der Waals surface area contributed by atoms with E-state index >= 15 is 0 Å². The van der Waals surface area contributed by atoms with Crippen LogP contribution >= 0.6 is 0 Å². The molecular weight excluding hydrogens is 428 g/mol. The standard InChI is InChI=1S/C28H28N2O4/c1-33-22-15-13-20(14-16-22)26(31)18-29-28(21-8-3-2-4-9-21)25-12-6-5-11-24(25)27(32)30(28)19-23-10-7-17-34-23/h2-5,7-11,13-17,26,29,31H,6,12,18-19H2,1H3. The van der Waals surface area contributed by atoms with Gasteiger partial charge in [0.2, 0.25) is 0 Å². The third kappa shape index (κ3) is 3.85. The molecular formula is C28H28N2O4. The van der Waals surface area contributed by atoms with Crippen molar-refractivity contribution >= 4 is 5.91 Å². The summed E-state index contributed by atoms with van der Waals surface area (Å²) in [7, 11) is 1.62. The molecule has 2 heterocycles. The molecule has 2 unspecified atom stereocenters. The number of aliphatic hydroxyl groups is 1. The van der Waals surface area contributed by atoms with Gasteiger partial charge in [0.1, 0.15) is 17.2 Å². The molecule has 2 aliphatic rings. The van der Waals surface area contributed by atoms with Crippen LogP contribution in [0.5, 0.6) is 5.75 Å². The van der Waals surface area contributed by atoms with E-state index in [0.717, 1.165) is 35.3 Å². The molecule has 0 spiro atoms. The quantitative estimate of drug-likeness (QED) is 0.524. The topological polar surface area (TPSA) is 74.9 Å². The first kappa shape index (κ1) is 22.2. The summed E-state index contributed by atoms with van der Waals surface area (Å²) >= 11 is 0. The molecule has 0 saturated carbocycles. The summed E-state index contributed by atoms with van der Waals surface area (Å²) in [6.07, 6.45) is 6.45. The van der Waals surface area contributed by atoms with E-state index in [9.17, 15) is 9.90 Å². The van der Waals surface area contributed by atoms with Gasteiger partial charge in [0.25, 0.3) is 5.91 Å². The van der Waals surface area contributed by atoms with Gasteiger partial charge in [-0.3, -0.25) is 10.1 Å². The number of carbonyl (C=O) groups is 1. The molecule has 34 heavy (non-hydrogen) atoms. The number of amides is 1. The van der Waals surface area contributed by atoms with Crippen LogP contribution in [0.25, 0.3) is 0 Å². The maximum absolute atomic E-state index is 13.7. The van der Waals surface area contributed by atoms with Crippen LogP contribution in [0, 0.1) is 0 Å². The average molecular weight is 457 g/mol. The van der Waals surface area contributed by atoms with E-state index in [2.05, 4.69) is 11.4 Å². The molecule has 1 amide bonds. The lowest BCUT2D eigenvalue weighted by atomic mass is 9.85. The minimum atomic E-state index is -0.890. The highest BCUT2D eigenvalue weighted by Crippen LogP contribution is 2.46. The molecule has 6 heteroatoms. The van der Waals surface area contributed by atoms with Gasteiger partial charge in [-0.2, -0.15) is 0 Å². The van der Waals surface area contributed by atoms with E-state index in [4.69, 9.17) is 9.15 Å². The highest BCUT2D eigenvalue weighted by molar-refractivity contribution is 6.01.